The van der Waals surface area contributed by atoms with Gasteiger partial charge in [0.1, 0.15) is 6.10 Å². The van der Waals surface area contributed by atoms with Crippen molar-refractivity contribution < 1.29 is 14.6 Å². The monoisotopic (exact) mass is 235 g/mol. The molecule has 1 saturated carbocycles. The zero-order valence-corrected chi connectivity index (χ0v) is 9.93. The summed E-state index contributed by atoms with van der Waals surface area (Å²) in [5, 5.41) is 8.89. The van der Waals surface area contributed by atoms with Crippen molar-refractivity contribution in [3.8, 4) is 5.88 Å². The zero-order valence-electron chi connectivity index (χ0n) is 9.93. The highest BCUT2D eigenvalue weighted by atomic mass is 16.5. The molecule has 0 amide bonds. The number of carbonyl (C=O) groups is 1. The largest absolute Gasteiger partial charge is 0.481 e. The minimum Gasteiger partial charge on any atom is -0.481 e. The molecule has 0 spiro atoms. The number of hydrogen-bond acceptors (Lipinski definition) is 3. The number of rotatable bonds is 3. The summed E-state index contributed by atoms with van der Waals surface area (Å²) in [6.07, 6.45) is 4.88. The van der Waals surface area contributed by atoms with Crippen LogP contribution in [0.4, 0.5) is 0 Å². The average molecular weight is 235 g/mol. The maximum absolute atomic E-state index is 10.8. The number of pyridine rings is 1. The average Bonchev–Trinajstić information content (AvgIpc) is 2.33. The molecule has 1 aromatic heterocycles. The fourth-order valence-corrected chi connectivity index (χ4v) is 2.12. The minimum atomic E-state index is -0.683. The van der Waals surface area contributed by atoms with E-state index in [0.717, 1.165) is 18.4 Å². The molecule has 17 heavy (non-hydrogen) atoms. The van der Waals surface area contributed by atoms with Crippen molar-refractivity contribution in [3.05, 3.63) is 23.9 Å². The normalized spacial score (nSPS) is 24.3. The summed E-state index contributed by atoms with van der Waals surface area (Å²) in [7, 11) is 0. The number of aromatic nitrogens is 1. The highest BCUT2D eigenvalue weighted by molar-refractivity contribution is 5.70. The molecule has 1 aromatic rings. The molecule has 1 aliphatic carbocycles. The van der Waals surface area contributed by atoms with E-state index >= 15 is 0 Å². The molecule has 0 aliphatic heterocycles. The topological polar surface area (TPSA) is 59.4 Å². The van der Waals surface area contributed by atoms with Crippen LogP contribution in [0.25, 0.3) is 0 Å². The Morgan fingerprint density at radius 2 is 2.06 bits per heavy atom. The first-order valence-corrected chi connectivity index (χ1v) is 5.97. The van der Waals surface area contributed by atoms with Gasteiger partial charge in [-0.15, -0.1) is 0 Å². The first-order chi connectivity index (χ1) is 8.15. The van der Waals surface area contributed by atoms with Crippen molar-refractivity contribution in [2.45, 2.75) is 38.7 Å². The van der Waals surface area contributed by atoms with Gasteiger partial charge in [0.15, 0.2) is 0 Å². The summed E-state index contributed by atoms with van der Waals surface area (Å²) in [6.45, 7) is 1.98. The number of aryl methyl sites for hydroxylation is 1. The molecule has 2 rings (SSSR count). The van der Waals surface area contributed by atoms with Gasteiger partial charge in [0.25, 0.3) is 0 Å². The summed E-state index contributed by atoms with van der Waals surface area (Å²) >= 11 is 0. The van der Waals surface area contributed by atoms with Crippen LogP contribution in [0.2, 0.25) is 0 Å². The Balaban J connectivity index is 1.85. The van der Waals surface area contributed by atoms with E-state index in [9.17, 15) is 4.79 Å². The lowest BCUT2D eigenvalue weighted by Gasteiger charge is -2.26. The van der Waals surface area contributed by atoms with Crippen LogP contribution in [-0.2, 0) is 4.79 Å². The standard InChI is InChI=1S/C13H17NO3/c1-9-2-7-12(14-8-9)17-11-5-3-10(4-6-11)13(15)16/h2,7-8,10-11H,3-6H2,1H3,(H,15,16). The van der Waals surface area contributed by atoms with Gasteiger partial charge in [0.05, 0.1) is 5.92 Å². The second-order valence-electron chi connectivity index (χ2n) is 4.60. The molecule has 0 unspecified atom stereocenters. The van der Waals surface area contributed by atoms with Crippen LogP contribution in [0.1, 0.15) is 31.2 Å². The molecule has 0 aromatic carbocycles. The van der Waals surface area contributed by atoms with E-state index in [4.69, 9.17) is 9.84 Å². The smallest absolute Gasteiger partial charge is 0.306 e. The molecule has 1 fully saturated rings. The van der Waals surface area contributed by atoms with Crippen LogP contribution in [0.5, 0.6) is 5.88 Å². The van der Waals surface area contributed by atoms with Crippen LogP contribution in [0.15, 0.2) is 18.3 Å². The van der Waals surface area contributed by atoms with E-state index in [2.05, 4.69) is 4.98 Å². The fraction of sp³-hybridized carbons (Fsp3) is 0.538. The SMILES string of the molecule is Cc1ccc(OC2CCC(C(=O)O)CC2)nc1. The molecular weight excluding hydrogens is 218 g/mol. The maximum atomic E-state index is 10.8. The quantitative estimate of drug-likeness (QED) is 0.874. The number of aliphatic carboxylic acids is 1. The molecule has 4 heteroatoms. The summed E-state index contributed by atoms with van der Waals surface area (Å²) < 4.78 is 5.73. The van der Waals surface area contributed by atoms with Gasteiger partial charge in [-0.2, -0.15) is 0 Å². The lowest BCUT2D eigenvalue weighted by atomic mass is 9.87. The molecule has 1 heterocycles. The predicted molar refractivity (Wildman–Crippen MR) is 63.0 cm³/mol. The van der Waals surface area contributed by atoms with Crippen molar-refractivity contribution in [2.24, 2.45) is 5.92 Å². The van der Waals surface area contributed by atoms with Gasteiger partial charge in [-0.25, -0.2) is 4.98 Å². The first kappa shape index (κ1) is 11.9. The number of nitrogens with zero attached hydrogens (tertiary/aromatic N) is 1. The highest BCUT2D eigenvalue weighted by Crippen LogP contribution is 2.27. The van der Waals surface area contributed by atoms with E-state index in [1.165, 1.54) is 0 Å². The lowest BCUT2D eigenvalue weighted by Crippen LogP contribution is -2.28. The molecule has 92 valence electrons. The Bertz CT molecular complexity index is 380. The maximum Gasteiger partial charge on any atom is 0.306 e. The van der Waals surface area contributed by atoms with Crippen LogP contribution in [-0.4, -0.2) is 22.2 Å². The van der Waals surface area contributed by atoms with Gasteiger partial charge in [-0.05, 0) is 38.2 Å². The second-order valence-corrected chi connectivity index (χ2v) is 4.60. The number of ether oxygens (including phenoxy) is 1. The van der Waals surface area contributed by atoms with Gasteiger partial charge >= 0.3 is 5.97 Å². The van der Waals surface area contributed by atoms with E-state index in [-0.39, 0.29) is 12.0 Å². The van der Waals surface area contributed by atoms with E-state index < -0.39 is 5.97 Å². The summed E-state index contributed by atoms with van der Waals surface area (Å²) in [6, 6.07) is 3.82. The molecule has 0 bridgehead atoms. The molecule has 0 saturated heterocycles. The number of carboxylic acids is 1. The summed E-state index contributed by atoms with van der Waals surface area (Å²) in [5.41, 5.74) is 1.10. The van der Waals surface area contributed by atoms with E-state index in [0.29, 0.717) is 18.7 Å². The Morgan fingerprint density at radius 3 is 2.59 bits per heavy atom. The third kappa shape index (κ3) is 3.19. The molecule has 0 radical (unpaired) electrons. The molecule has 4 nitrogen and oxygen atoms in total. The van der Waals surface area contributed by atoms with Gasteiger partial charge < -0.3 is 9.84 Å². The van der Waals surface area contributed by atoms with Gasteiger partial charge in [-0.3, -0.25) is 4.79 Å². The summed E-state index contributed by atoms with van der Waals surface area (Å²) in [5.74, 6) is -0.243. The van der Waals surface area contributed by atoms with E-state index in [1.54, 1.807) is 6.20 Å². The van der Waals surface area contributed by atoms with Crippen molar-refractivity contribution in [1.29, 1.82) is 0 Å². The Kier molecular flexibility index (Phi) is 3.61. The Hall–Kier alpha value is -1.58. The van der Waals surface area contributed by atoms with Crippen molar-refractivity contribution in [2.75, 3.05) is 0 Å². The van der Waals surface area contributed by atoms with Crippen LogP contribution in [0.3, 0.4) is 0 Å². The molecule has 0 atom stereocenters. The molecule has 1 N–H and O–H groups in total. The van der Waals surface area contributed by atoms with Gasteiger partial charge in [0, 0.05) is 12.3 Å². The zero-order chi connectivity index (χ0) is 12.3. The number of hydrogen-bond donors (Lipinski definition) is 1. The molecular formula is C13H17NO3. The van der Waals surface area contributed by atoms with Crippen molar-refractivity contribution >= 4 is 5.97 Å². The van der Waals surface area contributed by atoms with Gasteiger partial charge in [-0.1, -0.05) is 6.07 Å². The minimum absolute atomic E-state index is 0.112. The van der Waals surface area contributed by atoms with Crippen molar-refractivity contribution in [1.82, 2.24) is 4.98 Å². The Labute approximate surface area is 101 Å². The van der Waals surface area contributed by atoms with Crippen LogP contribution >= 0.6 is 0 Å². The second kappa shape index (κ2) is 5.17. The number of carboxylic acid groups (broad SMARTS) is 1. The highest BCUT2D eigenvalue weighted by Gasteiger charge is 2.26. The van der Waals surface area contributed by atoms with Crippen LogP contribution in [0, 0.1) is 12.8 Å². The van der Waals surface area contributed by atoms with Gasteiger partial charge in [0.2, 0.25) is 5.88 Å². The lowest BCUT2D eigenvalue weighted by molar-refractivity contribution is -0.143. The van der Waals surface area contributed by atoms with E-state index in [1.807, 2.05) is 19.1 Å². The third-order valence-corrected chi connectivity index (χ3v) is 3.20. The van der Waals surface area contributed by atoms with Crippen LogP contribution < -0.4 is 4.74 Å². The Morgan fingerprint density at radius 1 is 1.35 bits per heavy atom. The first-order valence-electron chi connectivity index (χ1n) is 5.97. The van der Waals surface area contributed by atoms with Crippen molar-refractivity contribution in [3.63, 3.8) is 0 Å². The fourth-order valence-electron chi connectivity index (χ4n) is 2.12. The summed E-state index contributed by atoms with van der Waals surface area (Å²) in [4.78, 5) is 15.0. The third-order valence-electron chi connectivity index (χ3n) is 3.20. The molecule has 1 aliphatic rings. The predicted octanol–water partition coefficient (Wildman–Crippen LogP) is 2.41.